The lowest BCUT2D eigenvalue weighted by molar-refractivity contribution is -0.118. The number of terminal acetylenes is 1. The molecule has 1 aromatic heterocycles. The lowest BCUT2D eigenvalue weighted by Crippen LogP contribution is -2.25. The van der Waals surface area contributed by atoms with Gasteiger partial charge in [0.1, 0.15) is 5.82 Å². The van der Waals surface area contributed by atoms with Crippen LogP contribution in [0.25, 0.3) is 0 Å². The Morgan fingerprint density at radius 3 is 3.00 bits per heavy atom. The van der Waals surface area contributed by atoms with E-state index in [0.29, 0.717) is 11.7 Å². The van der Waals surface area contributed by atoms with Crippen LogP contribution >= 0.6 is 11.8 Å². The van der Waals surface area contributed by atoms with E-state index in [4.69, 9.17) is 12.2 Å². The number of rotatable bonds is 6. The highest BCUT2D eigenvalue weighted by atomic mass is 32.2. The molecule has 0 aliphatic rings. The number of nitrogens with zero attached hydrogens (tertiary/aromatic N) is 3. The van der Waals surface area contributed by atoms with E-state index in [9.17, 15) is 4.79 Å². The van der Waals surface area contributed by atoms with Crippen LogP contribution in [0.2, 0.25) is 0 Å². The lowest BCUT2D eigenvalue weighted by Gasteiger charge is -2.05. The number of carbonyl (C=O) groups excluding carboxylic acids is 1. The highest BCUT2D eigenvalue weighted by Crippen LogP contribution is 2.16. The zero-order chi connectivity index (χ0) is 12.7. The summed E-state index contributed by atoms with van der Waals surface area (Å²) in [4.78, 5) is 11.3. The Bertz CT molecular complexity index is 423. The van der Waals surface area contributed by atoms with Crippen molar-refractivity contribution in [2.45, 2.75) is 25.2 Å². The van der Waals surface area contributed by atoms with Gasteiger partial charge in [-0.1, -0.05) is 17.7 Å². The van der Waals surface area contributed by atoms with Crippen LogP contribution in [0.3, 0.4) is 0 Å². The van der Waals surface area contributed by atoms with E-state index >= 15 is 0 Å². The average molecular weight is 253 g/mol. The molecule has 0 fully saturated rings. The smallest absolute Gasteiger partial charge is 0.231 e. The van der Waals surface area contributed by atoms with Gasteiger partial charge in [0.25, 0.3) is 0 Å². The van der Waals surface area contributed by atoms with Gasteiger partial charge in [-0.05, 0) is 6.92 Å². The van der Waals surface area contributed by atoms with Gasteiger partial charge in [-0.2, -0.15) is 0 Å². The molecule has 0 spiro atoms. The molecule has 7 heteroatoms. The summed E-state index contributed by atoms with van der Waals surface area (Å²) in [5.74, 6) is 3.21. The van der Waals surface area contributed by atoms with E-state index in [0.717, 1.165) is 12.4 Å². The number of aromatic nitrogens is 3. The van der Waals surface area contributed by atoms with Crippen molar-refractivity contribution in [2.75, 3.05) is 12.3 Å². The van der Waals surface area contributed by atoms with E-state index in [1.165, 1.54) is 11.8 Å². The third kappa shape index (κ3) is 3.76. The maximum atomic E-state index is 11.3. The summed E-state index contributed by atoms with van der Waals surface area (Å²) in [6, 6.07) is 0. The first-order valence-electron chi connectivity index (χ1n) is 5.18. The Morgan fingerprint density at radius 2 is 2.41 bits per heavy atom. The van der Waals surface area contributed by atoms with Gasteiger partial charge in [0.15, 0.2) is 5.16 Å². The second-order valence-electron chi connectivity index (χ2n) is 3.12. The number of thioether (sulfide) groups is 1. The van der Waals surface area contributed by atoms with Crippen molar-refractivity contribution in [3.63, 3.8) is 0 Å². The molecule has 0 unspecified atom stereocenters. The number of carbonyl (C=O) groups is 1. The molecule has 1 heterocycles. The molecular formula is C10H15N5OS. The summed E-state index contributed by atoms with van der Waals surface area (Å²) < 4.78 is 1.89. The fraction of sp³-hybridized carbons (Fsp3) is 0.500. The minimum absolute atomic E-state index is 0.118. The first kappa shape index (κ1) is 13.5. The standard InChI is InChI=1S/C10H15N5OS/c1-3-5-12-9(16)7-17-10-14-13-8(6-11)15(10)4-2/h1H,4-7,11H2,2H3,(H,12,16). The van der Waals surface area contributed by atoms with E-state index in [1.807, 2.05) is 11.5 Å². The molecule has 0 saturated carbocycles. The third-order valence-corrected chi connectivity index (χ3v) is 2.98. The van der Waals surface area contributed by atoms with Gasteiger partial charge in [0, 0.05) is 6.54 Å². The molecule has 92 valence electrons. The normalized spacial score (nSPS) is 9.94. The minimum Gasteiger partial charge on any atom is -0.344 e. The van der Waals surface area contributed by atoms with Crippen LogP contribution in [-0.2, 0) is 17.9 Å². The van der Waals surface area contributed by atoms with Gasteiger partial charge in [-0.15, -0.1) is 16.6 Å². The topological polar surface area (TPSA) is 85.8 Å². The van der Waals surface area contributed by atoms with Crippen molar-refractivity contribution >= 4 is 17.7 Å². The van der Waals surface area contributed by atoms with Crippen molar-refractivity contribution in [1.82, 2.24) is 20.1 Å². The molecule has 0 aliphatic heterocycles. The molecule has 0 aromatic carbocycles. The Balaban J connectivity index is 2.54. The third-order valence-electron chi connectivity index (χ3n) is 2.01. The monoisotopic (exact) mass is 253 g/mol. The molecule has 0 saturated heterocycles. The number of nitrogens with two attached hydrogens (primary N) is 1. The van der Waals surface area contributed by atoms with Crippen LogP contribution in [0.1, 0.15) is 12.7 Å². The fourth-order valence-electron chi connectivity index (χ4n) is 1.23. The molecule has 3 N–H and O–H groups in total. The van der Waals surface area contributed by atoms with E-state index in [1.54, 1.807) is 0 Å². The number of hydrogen-bond acceptors (Lipinski definition) is 5. The van der Waals surface area contributed by atoms with E-state index in [2.05, 4.69) is 21.4 Å². The van der Waals surface area contributed by atoms with Crippen LogP contribution in [0.4, 0.5) is 0 Å². The van der Waals surface area contributed by atoms with Gasteiger partial charge < -0.3 is 15.6 Å². The van der Waals surface area contributed by atoms with Crippen LogP contribution in [-0.4, -0.2) is 33.0 Å². The average Bonchev–Trinajstić information content (AvgIpc) is 2.75. The summed E-state index contributed by atoms with van der Waals surface area (Å²) in [6.07, 6.45) is 5.04. The summed E-state index contributed by atoms with van der Waals surface area (Å²) in [7, 11) is 0. The van der Waals surface area contributed by atoms with Gasteiger partial charge in [-0.25, -0.2) is 0 Å². The first-order valence-corrected chi connectivity index (χ1v) is 6.16. The molecule has 0 atom stereocenters. The van der Waals surface area contributed by atoms with Gasteiger partial charge in [0.05, 0.1) is 18.8 Å². The molecular weight excluding hydrogens is 238 g/mol. The number of nitrogens with one attached hydrogen (secondary N) is 1. The summed E-state index contributed by atoms with van der Waals surface area (Å²) in [5, 5.41) is 11.2. The zero-order valence-electron chi connectivity index (χ0n) is 9.64. The molecule has 1 rings (SSSR count). The Labute approximate surface area is 104 Å². The SMILES string of the molecule is C#CCNC(=O)CSc1nnc(CN)n1CC. The minimum atomic E-state index is -0.118. The number of amides is 1. The molecule has 6 nitrogen and oxygen atoms in total. The van der Waals surface area contributed by atoms with Crippen molar-refractivity contribution in [1.29, 1.82) is 0 Å². The summed E-state index contributed by atoms with van der Waals surface area (Å²) in [5.41, 5.74) is 5.53. The highest BCUT2D eigenvalue weighted by molar-refractivity contribution is 7.99. The second-order valence-corrected chi connectivity index (χ2v) is 4.06. The molecule has 0 bridgehead atoms. The Hall–Kier alpha value is -1.52. The maximum Gasteiger partial charge on any atom is 0.231 e. The molecule has 1 aromatic rings. The Kier molecular flexibility index (Phi) is 5.52. The highest BCUT2D eigenvalue weighted by Gasteiger charge is 2.11. The van der Waals surface area contributed by atoms with Crippen molar-refractivity contribution < 1.29 is 4.79 Å². The largest absolute Gasteiger partial charge is 0.344 e. The van der Waals surface area contributed by atoms with E-state index in [-0.39, 0.29) is 18.2 Å². The maximum absolute atomic E-state index is 11.3. The zero-order valence-corrected chi connectivity index (χ0v) is 10.5. The molecule has 1 amide bonds. The first-order chi connectivity index (χ1) is 8.22. The van der Waals surface area contributed by atoms with Gasteiger partial charge >= 0.3 is 0 Å². The van der Waals surface area contributed by atoms with Crippen molar-refractivity contribution in [3.05, 3.63) is 5.82 Å². The second kappa shape index (κ2) is 6.93. The fourth-order valence-corrected chi connectivity index (χ4v) is 2.08. The van der Waals surface area contributed by atoms with Crippen molar-refractivity contribution in [3.8, 4) is 12.3 Å². The van der Waals surface area contributed by atoms with Crippen LogP contribution < -0.4 is 11.1 Å². The summed E-state index contributed by atoms with van der Waals surface area (Å²) >= 11 is 1.32. The van der Waals surface area contributed by atoms with Crippen LogP contribution in [0.5, 0.6) is 0 Å². The van der Waals surface area contributed by atoms with Crippen LogP contribution in [0, 0.1) is 12.3 Å². The number of hydrogen-bond donors (Lipinski definition) is 2. The van der Waals surface area contributed by atoms with Gasteiger partial charge in [0.2, 0.25) is 5.91 Å². The molecule has 0 radical (unpaired) electrons. The quantitative estimate of drug-likeness (QED) is 0.532. The summed E-state index contributed by atoms with van der Waals surface area (Å²) in [6.45, 7) is 3.29. The Morgan fingerprint density at radius 1 is 1.65 bits per heavy atom. The van der Waals surface area contributed by atoms with Crippen molar-refractivity contribution in [2.24, 2.45) is 5.73 Å². The predicted octanol–water partition coefficient (Wildman–Crippen LogP) is -0.402. The molecule has 0 aliphatic carbocycles. The van der Waals surface area contributed by atoms with E-state index < -0.39 is 0 Å². The van der Waals surface area contributed by atoms with Crippen LogP contribution in [0.15, 0.2) is 5.16 Å². The molecule has 17 heavy (non-hydrogen) atoms. The lowest BCUT2D eigenvalue weighted by atomic mass is 10.6. The van der Waals surface area contributed by atoms with Gasteiger partial charge in [-0.3, -0.25) is 4.79 Å². The predicted molar refractivity (Wildman–Crippen MR) is 66.2 cm³/mol.